The Labute approximate surface area is 226 Å². The lowest BCUT2D eigenvalue weighted by molar-refractivity contribution is -0.143. The Morgan fingerprint density at radius 1 is 0.718 bits per heavy atom. The number of likely N-dealkylation sites (tertiary alicyclic amines) is 1. The van der Waals surface area contributed by atoms with Gasteiger partial charge in [0.05, 0.1) is 18.3 Å². The molecule has 2 fully saturated rings. The normalized spacial score (nSPS) is 20.8. The minimum atomic E-state index is -4.01. The summed E-state index contributed by atoms with van der Waals surface area (Å²) in [6.45, 7) is 0.164. The lowest BCUT2D eigenvalue weighted by atomic mass is 9.90. The number of amides is 2. The summed E-state index contributed by atoms with van der Waals surface area (Å²) < 4.78 is 30.6. The molecular formula is C30H24N2O6S. The maximum Gasteiger partial charge on any atom is 0.339 e. The number of benzene rings is 4. The van der Waals surface area contributed by atoms with E-state index in [4.69, 9.17) is 9.02 Å². The molecular weight excluding hydrogens is 516 g/mol. The summed E-state index contributed by atoms with van der Waals surface area (Å²) in [5.41, 5.74) is 2.22. The Kier molecular flexibility index (Phi) is 6.38. The van der Waals surface area contributed by atoms with E-state index < -0.39 is 28.2 Å². The van der Waals surface area contributed by atoms with Crippen molar-refractivity contribution in [2.75, 3.05) is 5.06 Å². The summed E-state index contributed by atoms with van der Waals surface area (Å²) in [6.07, 6.45) is -0.971. The highest BCUT2D eigenvalue weighted by Crippen LogP contribution is 2.47. The zero-order valence-electron chi connectivity index (χ0n) is 20.7. The summed E-state index contributed by atoms with van der Waals surface area (Å²) >= 11 is 0. The standard InChI is InChI=1S/C30H24N2O6S/c33-29-26-27(22-16-18-24(19-17-22)38-39(35,36)25-14-8-3-9-15-25)32(23-12-6-2-7-13-23)37-28(26)30(34)31(29)20-21-10-4-1-5-11-21/h1-19,26-28H,20H2/t26-,27+,28-/m1/s1. The van der Waals surface area contributed by atoms with Gasteiger partial charge in [-0.3, -0.25) is 19.3 Å². The molecule has 9 heteroatoms. The molecule has 0 spiro atoms. The van der Waals surface area contributed by atoms with Crippen molar-refractivity contribution in [3.63, 3.8) is 0 Å². The summed E-state index contributed by atoms with van der Waals surface area (Å²) in [7, 11) is -4.01. The van der Waals surface area contributed by atoms with Crippen LogP contribution >= 0.6 is 0 Å². The quantitative estimate of drug-likeness (QED) is 0.252. The van der Waals surface area contributed by atoms with Gasteiger partial charge in [-0.1, -0.05) is 78.9 Å². The highest BCUT2D eigenvalue weighted by atomic mass is 32.2. The lowest BCUT2D eigenvalue weighted by Crippen LogP contribution is -2.36. The minimum absolute atomic E-state index is 0.0462. The SMILES string of the molecule is O=C1[C@H]2[C@@H](ON(c3ccccc3)[C@H]2c2ccc(OS(=O)(=O)c3ccccc3)cc2)C(=O)N1Cc1ccccc1. The number of carbonyl (C=O) groups excluding carboxylic acids is 2. The van der Waals surface area contributed by atoms with Crippen molar-refractivity contribution in [2.24, 2.45) is 5.92 Å². The molecule has 2 aliphatic rings. The van der Waals surface area contributed by atoms with Gasteiger partial charge in [0, 0.05) is 0 Å². The van der Waals surface area contributed by atoms with E-state index in [1.165, 1.54) is 29.2 Å². The topological polar surface area (TPSA) is 93.2 Å². The number of carbonyl (C=O) groups is 2. The van der Waals surface area contributed by atoms with E-state index in [0.29, 0.717) is 11.3 Å². The van der Waals surface area contributed by atoms with E-state index in [9.17, 15) is 18.0 Å². The molecule has 0 unspecified atom stereocenters. The fourth-order valence-corrected chi connectivity index (χ4v) is 5.96. The van der Waals surface area contributed by atoms with Gasteiger partial charge in [-0.15, -0.1) is 0 Å². The van der Waals surface area contributed by atoms with E-state index in [1.54, 1.807) is 35.4 Å². The molecule has 0 saturated carbocycles. The first-order valence-electron chi connectivity index (χ1n) is 12.4. The third-order valence-electron chi connectivity index (χ3n) is 6.86. The predicted octanol–water partition coefficient (Wildman–Crippen LogP) is 4.50. The van der Waals surface area contributed by atoms with Crippen molar-refractivity contribution in [3.05, 3.63) is 126 Å². The van der Waals surface area contributed by atoms with Gasteiger partial charge >= 0.3 is 10.1 Å². The van der Waals surface area contributed by atoms with Crippen molar-refractivity contribution in [2.45, 2.75) is 23.6 Å². The first kappa shape index (κ1) is 24.8. The van der Waals surface area contributed by atoms with Crippen molar-refractivity contribution in [1.29, 1.82) is 0 Å². The Morgan fingerprint density at radius 3 is 1.95 bits per heavy atom. The van der Waals surface area contributed by atoms with Gasteiger partial charge in [0.25, 0.3) is 5.91 Å². The van der Waals surface area contributed by atoms with Crippen LogP contribution in [0.5, 0.6) is 5.75 Å². The van der Waals surface area contributed by atoms with Gasteiger partial charge in [-0.2, -0.15) is 8.42 Å². The Balaban J connectivity index is 1.31. The molecule has 0 bridgehead atoms. The van der Waals surface area contributed by atoms with Crippen LogP contribution in [-0.4, -0.2) is 31.2 Å². The summed E-state index contributed by atoms with van der Waals surface area (Å²) in [4.78, 5) is 34.5. The van der Waals surface area contributed by atoms with Gasteiger partial charge < -0.3 is 4.18 Å². The summed E-state index contributed by atoms with van der Waals surface area (Å²) in [5.74, 6) is -1.35. The van der Waals surface area contributed by atoms with Crippen LogP contribution in [0.25, 0.3) is 0 Å². The number of imide groups is 1. The Bertz CT molecular complexity index is 1600. The van der Waals surface area contributed by atoms with Gasteiger partial charge in [-0.05, 0) is 47.5 Å². The van der Waals surface area contributed by atoms with Gasteiger partial charge in [0.15, 0.2) is 6.10 Å². The molecule has 2 aliphatic heterocycles. The highest BCUT2D eigenvalue weighted by Gasteiger charge is 2.59. The van der Waals surface area contributed by atoms with Gasteiger partial charge in [0.1, 0.15) is 16.6 Å². The second-order valence-electron chi connectivity index (χ2n) is 9.33. The van der Waals surface area contributed by atoms with Crippen LogP contribution in [0.1, 0.15) is 17.2 Å². The third kappa shape index (κ3) is 4.67. The van der Waals surface area contributed by atoms with Gasteiger partial charge in [-0.25, -0.2) is 5.06 Å². The molecule has 2 saturated heterocycles. The average Bonchev–Trinajstić information content (AvgIpc) is 3.47. The molecule has 0 aromatic heterocycles. The second-order valence-corrected chi connectivity index (χ2v) is 10.9. The second kappa shape index (κ2) is 10.0. The van der Waals surface area contributed by atoms with Crippen LogP contribution in [0.15, 0.2) is 120 Å². The van der Waals surface area contributed by atoms with Crippen LogP contribution < -0.4 is 9.25 Å². The average molecular weight is 541 g/mol. The first-order valence-corrected chi connectivity index (χ1v) is 13.8. The zero-order chi connectivity index (χ0) is 27.0. The molecule has 0 aliphatic carbocycles. The predicted molar refractivity (Wildman–Crippen MR) is 143 cm³/mol. The fourth-order valence-electron chi connectivity index (χ4n) is 5.01. The number of hydrogen-bond donors (Lipinski definition) is 0. The molecule has 4 aromatic rings. The van der Waals surface area contributed by atoms with Crippen LogP contribution in [0.4, 0.5) is 5.69 Å². The summed E-state index contributed by atoms with van der Waals surface area (Å²) in [6, 6.07) is 32.3. The fraction of sp³-hybridized carbons (Fsp3) is 0.133. The largest absolute Gasteiger partial charge is 0.379 e. The van der Waals surface area contributed by atoms with Crippen LogP contribution in [0.2, 0.25) is 0 Å². The number of fused-ring (bicyclic) bond motifs is 1. The van der Waals surface area contributed by atoms with E-state index in [1.807, 2.05) is 60.7 Å². The smallest absolute Gasteiger partial charge is 0.339 e. The number of hydrogen-bond acceptors (Lipinski definition) is 7. The maximum absolute atomic E-state index is 13.7. The monoisotopic (exact) mass is 540 g/mol. The highest BCUT2D eigenvalue weighted by molar-refractivity contribution is 7.87. The minimum Gasteiger partial charge on any atom is -0.379 e. The van der Waals surface area contributed by atoms with E-state index in [2.05, 4.69) is 0 Å². The molecule has 0 radical (unpaired) electrons. The van der Waals surface area contributed by atoms with E-state index in [-0.39, 0.29) is 29.0 Å². The Morgan fingerprint density at radius 2 is 1.31 bits per heavy atom. The van der Waals surface area contributed by atoms with Crippen LogP contribution in [-0.2, 0) is 31.1 Å². The third-order valence-corrected chi connectivity index (χ3v) is 8.12. The molecule has 8 nitrogen and oxygen atoms in total. The van der Waals surface area contributed by atoms with Crippen molar-refractivity contribution in [3.8, 4) is 5.75 Å². The molecule has 196 valence electrons. The van der Waals surface area contributed by atoms with E-state index in [0.717, 1.165) is 5.56 Å². The Hall–Kier alpha value is -4.47. The molecule has 39 heavy (non-hydrogen) atoms. The maximum atomic E-state index is 13.7. The number of nitrogens with zero attached hydrogens (tertiary/aromatic N) is 2. The number of para-hydroxylation sites is 1. The summed E-state index contributed by atoms with van der Waals surface area (Å²) in [5, 5.41) is 1.60. The first-order chi connectivity index (χ1) is 18.9. The molecule has 2 heterocycles. The van der Waals surface area contributed by atoms with Crippen LogP contribution in [0.3, 0.4) is 0 Å². The van der Waals surface area contributed by atoms with Gasteiger partial charge in [0.2, 0.25) is 5.91 Å². The molecule has 3 atom stereocenters. The number of rotatable bonds is 7. The van der Waals surface area contributed by atoms with Crippen molar-refractivity contribution >= 4 is 27.6 Å². The zero-order valence-corrected chi connectivity index (χ0v) is 21.5. The van der Waals surface area contributed by atoms with E-state index >= 15 is 0 Å². The van der Waals surface area contributed by atoms with Crippen molar-refractivity contribution < 1.29 is 27.0 Å². The molecule has 4 aromatic carbocycles. The number of anilines is 1. The number of hydroxylamine groups is 1. The molecule has 6 rings (SSSR count). The van der Waals surface area contributed by atoms with Crippen molar-refractivity contribution in [1.82, 2.24) is 4.90 Å². The lowest BCUT2D eigenvalue weighted by Gasteiger charge is -2.28. The van der Waals surface area contributed by atoms with Crippen LogP contribution in [0, 0.1) is 5.92 Å². The molecule has 0 N–H and O–H groups in total. The molecule has 2 amide bonds.